The number of likely N-dealkylation sites (tertiary alicyclic amines) is 1. The molecule has 3 aromatic carbocycles. The SMILES string of the molecule is C=CCC(F)(F)c1ccc(Oc2ccc(C(=O)N3CC(CCCC4CC=c5c(C)c(C(=O)NCCOC)ccc5=CCC4C)C3)cc2)cc1. The molecule has 0 spiro atoms. The number of carbonyl (C=O) groups is 2. The summed E-state index contributed by atoms with van der Waals surface area (Å²) < 4.78 is 39.1. The van der Waals surface area contributed by atoms with Crippen molar-refractivity contribution in [3.63, 3.8) is 0 Å². The van der Waals surface area contributed by atoms with Crippen LogP contribution in [-0.4, -0.2) is 50.1 Å². The lowest BCUT2D eigenvalue weighted by atomic mass is 9.81. The van der Waals surface area contributed by atoms with Crippen molar-refractivity contribution in [2.75, 3.05) is 33.4 Å². The molecule has 0 bridgehead atoms. The van der Waals surface area contributed by atoms with Crippen LogP contribution in [0.2, 0.25) is 0 Å². The fourth-order valence-corrected chi connectivity index (χ4v) is 6.85. The molecule has 0 saturated carbocycles. The number of benzene rings is 3. The van der Waals surface area contributed by atoms with E-state index in [0.717, 1.165) is 56.3 Å². The number of allylic oxidation sites excluding steroid dienone is 1. The van der Waals surface area contributed by atoms with Crippen molar-refractivity contribution in [1.29, 1.82) is 0 Å². The van der Waals surface area contributed by atoms with Crippen molar-refractivity contribution >= 4 is 24.0 Å². The standard InChI is InChI=1S/C41H48F2N2O4/c1-5-23-41(42,43)34-15-19-36(20-16-34)49-35-17-11-33(12-18-35)40(47)45-26-30(27-45)7-6-8-31-13-21-37-29(3)38(39(46)44-24-25-48-4)22-14-32(37)10-9-28(31)2/h5,10-12,14-22,28,30-31H,1,6-9,13,23-27H2,2-4H3,(H,44,46). The van der Waals surface area contributed by atoms with E-state index >= 15 is 0 Å². The lowest BCUT2D eigenvalue weighted by molar-refractivity contribution is -0.000886. The summed E-state index contributed by atoms with van der Waals surface area (Å²) in [7, 11) is 1.62. The molecule has 2 atom stereocenters. The van der Waals surface area contributed by atoms with Crippen LogP contribution in [0.15, 0.2) is 73.3 Å². The third-order valence-corrected chi connectivity index (χ3v) is 9.97. The summed E-state index contributed by atoms with van der Waals surface area (Å²) in [5, 5.41) is 5.32. The maximum Gasteiger partial charge on any atom is 0.276 e. The molecule has 2 unspecified atom stereocenters. The zero-order chi connectivity index (χ0) is 35.0. The first kappa shape index (κ1) is 36.0. The van der Waals surface area contributed by atoms with Gasteiger partial charge in [-0.3, -0.25) is 9.59 Å². The highest BCUT2D eigenvalue weighted by Gasteiger charge is 2.31. The van der Waals surface area contributed by atoms with Gasteiger partial charge in [-0.25, -0.2) is 8.78 Å². The number of alkyl halides is 2. The molecule has 0 aromatic heterocycles. The molecule has 2 aliphatic rings. The van der Waals surface area contributed by atoms with Gasteiger partial charge >= 0.3 is 0 Å². The molecule has 0 radical (unpaired) electrons. The maximum absolute atomic E-state index is 14.1. The highest BCUT2D eigenvalue weighted by molar-refractivity contribution is 5.96. The normalized spacial score (nSPS) is 17.8. The predicted molar refractivity (Wildman–Crippen MR) is 190 cm³/mol. The first-order valence-corrected chi connectivity index (χ1v) is 17.3. The minimum Gasteiger partial charge on any atom is -0.457 e. The van der Waals surface area contributed by atoms with E-state index in [1.165, 1.54) is 40.8 Å². The maximum atomic E-state index is 14.1. The van der Waals surface area contributed by atoms with Crippen molar-refractivity contribution in [1.82, 2.24) is 10.2 Å². The second kappa shape index (κ2) is 16.4. The highest BCUT2D eigenvalue weighted by Crippen LogP contribution is 2.34. The Balaban J connectivity index is 1.08. The van der Waals surface area contributed by atoms with Gasteiger partial charge in [0.1, 0.15) is 11.5 Å². The number of ether oxygens (including phenoxy) is 2. The topological polar surface area (TPSA) is 67.9 Å². The van der Waals surface area contributed by atoms with Gasteiger partial charge in [-0.2, -0.15) is 0 Å². The average molecular weight is 671 g/mol. The van der Waals surface area contributed by atoms with Crippen LogP contribution in [0.25, 0.3) is 12.2 Å². The molecular formula is C41H48F2N2O4. The van der Waals surface area contributed by atoms with E-state index in [1.54, 1.807) is 31.4 Å². The summed E-state index contributed by atoms with van der Waals surface area (Å²) in [6.45, 7) is 10.3. The van der Waals surface area contributed by atoms with Gasteiger partial charge in [-0.15, -0.1) is 6.58 Å². The van der Waals surface area contributed by atoms with Crippen LogP contribution in [0.4, 0.5) is 8.78 Å². The quantitative estimate of drug-likeness (QED) is 0.144. The molecule has 6 nitrogen and oxygen atoms in total. The Morgan fingerprint density at radius 2 is 1.67 bits per heavy atom. The number of hydrogen-bond donors (Lipinski definition) is 1. The fraction of sp³-hybridized carbons (Fsp3) is 0.415. The zero-order valence-corrected chi connectivity index (χ0v) is 28.9. The van der Waals surface area contributed by atoms with Crippen molar-refractivity contribution in [2.24, 2.45) is 17.8 Å². The van der Waals surface area contributed by atoms with Crippen LogP contribution in [-0.2, 0) is 10.7 Å². The summed E-state index contributed by atoms with van der Waals surface area (Å²) in [5.41, 5.74) is 2.26. The van der Waals surface area contributed by atoms with Gasteiger partial charge in [0.05, 0.1) is 6.61 Å². The minimum absolute atomic E-state index is 0.0103. The summed E-state index contributed by atoms with van der Waals surface area (Å²) in [4.78, 5) is 27.7. The number of nitrogens with one attached hydrogen (secondary N) is 1. The third kappa shape index (κ3) is 9.04. The number of amides is 2. The molecule has 1 aliphatic heterocycles. The van der Waals surface area contributed by atoms with Crippen LogP contribution >= 0.6 is 0 Å². The number of methoxy groups -OCH3 is 1. The largest absolute Gasteiger partial charge is 0.457 e. The Bertz CT molecular complexity index is 1730. The van der Waals surface area contributed by atoms with Crippen molar-refractivity contribution in [3.05, 3.63) is 106 Å². The van der Waals surface area contributed by atoms with Gasteiger partial charge in [-0.05, 0) is 121 Å². The van der Waals surface area contributed by atoms with E-state index in [9.17, 15) is 18.4 Å². The summed E-state index contributed by atoms with van der Waals surface area (Å²) >= 11 is 0. The number of carbonyl (C=O) groups excluding carboxylic acids is 2. The molecule has 8 heteroatoms. The fourth-order valence-electron chi connectivity index (χ4n) is 6.85. The monoisotopic (exact) mass is 670 g/mol. The Hall–Kier alpha value is -4.30. The van der Waals surface area contributed by atoms with Crippen LogP contribution in [0.5, 0.6) is 11.5 Å². The predicted octanol–water partition coefficient (Wildman–Crippen LogP) is 7.38. The molecule has 1 N–H and O–H groups in total. The van der Waals surface area contributed by atoms with E-state index in [2.05, 4.69) is 37.0 Å². The van der Waals surface area contributed by atoms with Gasteiger partial charge in [0, 0.05) is 49.9 Å². The summed E-state index contributed by atoms with van der Waals surface area (Å²) in [6, 6.07) is 16.7. The Morgan fingerprint density at radius 1 is 0.980 bits per heavy atom. The first-order chi connectivity index (χ1) is 23.6. The molecule has 1 saturated heterocycles. The van der Waals surface area contributed by atoms with E-state index in [-0.39, 0.29) is 17.4 Å². The molecule has 2 amide bonds. The molecule has 49 heavy (non-hydrogen) atoms. The molecular weight excluding hydrogens is 622 g/mol. The van der Waals surface area contributed by atoms with E-state index in [4.69, 9.17) is 9.47 Å². The molecule has 3 aromatic rings. The van der Waals surface area contributed by atoms with Gasteiger partial charge in [-0.1, -0.05) is 37.6 Å². The molecule has 1 aliphatic carbocycles. The molecule has 1 heterocycles. The zero-order valence-electron chi connectivity index (χ0n) is 28.9. The van der Waals surface area contributed by atoms with E-state index in [0.29, 0.717) is 48.0 Å². The number of hydrogen-bond acceptors (Lipinski definition) is 4. The highest BCUT2D eigenvalue weighted by atomic mass is 19.3. The van der Waals surface area contributed by atoms with E-state index in [1.807, 2.05) is 17.9 Å². The van der Waals surface area contributed by atoms with Gasteiger partial charge in [0.25, 0.3) is 17.7 Å². The Morgan fingerprint density at radius 3 is 2.35 bits per heavy atom. The average Bonchev–Trinajstić information content (AvgIpc) is 3.06. The number of halogens is 2. The Kier molecular flexibility index (Phi) is 12.0. The summed E-state index contributed by atoms with van der Waals surface area (Å²) in [5.74, 6) is -0.395. The summed E-state index contributed by atoms with van der Waals surface area (Å²) in [6.07, 6.45) is 10.8. The van der Waals surface area contributed by atoms with Crippen LogP contribution < -0.4 is 20.5 Å². The lowest BCUT2D eigenvalue weighted by Gasteiger charge is -2.39. The molecule has 1 fully saturated rings. The van der Waals surface area contributed by atoms with Crippen molar-refractivity contribution < 1.29 is 27.8 Å². The minimum atomic E-state index is -2.96. The molecule has 5 rings (SSSR count). The van der Waals surface area contributed by atoms with Crippen LogP contribution in [0.3, 0.4) is 0 Å². The van der Waals surface area contributed by atoms with Gasteiger partial charge in [0.2, 0.25) is 0 Å². The first-order valence-electron chi connectivity index (χ1n) is 17.3. The van der Waals surface area contributed by atoms with Gasteiger partial charge < -0.3 is 19.7 Å². The van der Waals surface area contributed by atoms with Crippen LogP contribution in [0, 0.1) is 24.7 Å². The van der Waals surface area contributed by atoms with Crippen molar-refractivity contribution in [3.8, 4) is 11.5 Å². The Labute approximate surface area is 288 Å². The second-order valence-electron chi connectivity index (χ2n) is 13.5. The van der Waals surface area contributed by atoms with Crippen molar-refractivity contribution in [2.45, 2.75) is 58.3 Å². The second-order valence-corrected chi connectivity index (χ2v) is 13.5. The smallest absolute Gasteiger partial charge is 0.276 e. The number of nitrogens with zero attached hydrogens (tertiary/aromatic N) is 1. The van der Waals surface area contributed by atoms with Gasteiger partial charge in [0.15, 0.2) is 0 Å². The van der Waals surface area contributed by atoms with E-state index < -0.39 is 12.3 Å². The molecule has 260 valence electrons. The number of rotatable bonds is 14. The van der Waals surface area contributed by atoms with Crippen LogP contribution in [0.1, 0.15) is 77.3 Å². The third-order valence-electron chi connectivity index (χ3n) is 9.97. The lowest BCUT2D eigenvalue weighted by Crippen LogP contribution is -2.49. The number of fused-ring (bicyclic) bond motifs is 1.